The van der Waals surface area contributed by atoms with Crippen LogP contribution in [0.15, 0.2) is 18.2 Å². The summed E-state index contributed by atoms with van der Waals surface area (Å²) in [5.41, 5.74) is 0.840. The Morgan fingerprint density at radius 2 is 2.05 bits per heavy atom. The van der Waals surface area contributed by atoms with Crippen LogP contribution in [0.25, 0.3) is 0 Å². The molecule has 6 heteroatoms. The highest BCUT2D eigenvalue weighted by Crippen LogP contribution is 2.14. The Bertz CT molecular complexity index is 489. The number of nitrogens with zero attached hydrogens (tertiary/aromatic N) is 1. The lowest BCUT2D eigenvalue weighted by Crippen LogP contribution is -2.43. The van der Waals surface area contributed by atoms with Crippen molar-refractivity contribution in [2.24, 2.45) is 0 Å². The molecule has 0 aliphatic carbocycles. The Balaban J connectivity index is 2.81. The molecule has 0 fully saturated rings. The van der Waals surface area contributed by atoms with Gasteiger partial charge in [-0.15, -0.1) is 0 Å². The zero-order valence-electron chi connectivity index (χ0n) is 11.1. The van der Waals surface area contributed by atoms with Crippen LogP contribution in [-0.4, -0.2) is 34.6 Å². The van der Waals surface area contributed by atoms with Crippen LogP contribution < -0.4 is 5.32 Å². The molecule has 19 heavy (non-hydrogen) atoms. The molecule has 0 unspecified atom stereocenters. The molecule has 0 heterocycles. The number of carbonyl (C=O) groups excluding carboxylic acids is 1. The van der Waals surface area contributed by atoms with Crippen molar-refractivity contribution in [2.45, 2.75) is 26.8 Å². The van der Waals surface area contributed by atoms with E-state index in [2.05, 4.69) is 5.32 Å². The van der Waals surface area contributed by atoms with Crippen LogP contribution in [0, 0.1) is 12.7 Å². The summed E-state index contributed by atoms with van der Waals surface area (Å²) in [5.74, 6) is -1.44. The number of benzene rings is 1. The molecule has 2 amide bonds. The topological polar surface area (TPSA) is 69.6 Å². The molecule has 0 spiro atoms. The Morgan fingerprint density at radius 1 is 1.42 bits per heavy atom. The molecule has 0 aromatic heterocycles. The zero-order chi connectivity index (χ0) is 14.6. The van der Waals surface area contributed by atoms with Gasteiger partial charge in [0.2, 0.25) is 0 Å². The van der Waals surface area contributed by atoms with Gasteiger partial charge in [-0.3, -0.25) is 4.79 Å². The molecule has 104 valence electrons. The van der Waals surface area contributed by atoms with E-state index in [9.17, 15) is 14.0 Å². The Morgan fingerprint density at radius 3 is 2.53 bits per heavy atom. The molecule has 1 aromatic rings. The summed E-state index contributed by atoms with van der Waals surface area (Å²) in [4.78, 5) is 23.8. The fourth-order valence-electron chi connectivity index (χ4n) is 1.55. The molecular formula is C13H17FN2O3. The number of hydrogen-bond acceptors (Lipinski definition) is 2. The van der Waals surface area contributed by atoms with Gasteiger partial charge in [-0.1, -0.05) is 0 Å². The van der Waals surface area contributed by atoms with E-state index in [0.29, 0.717) is 11.3 Å². The van der Waals surface area contributed by atoms with Crippen molar-refractivity contribution in [1.82, 2.24) is 4.90 Å². The van der Waals surface area contributed by atoms with Crippen molar-refractivity contribution < 1.29 is 19.1 Å². The minimum Gasteiger partial charge on any atom is -0.480 e. The highest BCUT2D eigenvalue weighted by Gasteiger charge is 2.19. The van der Waals surface area contributed by atoms with Crippen LogP contribution in [0.5, 0.6) is 0 Å². The Hall–Kier alpha value is -2.11. The van der Waals surface area contributed by atoms with Crippen LogP contribution in [0.4, 0.5) is 14.9 Å². The number of amides is 2. The van der Waals surface area contributed by atoms with Crippen LogP contribution in [0.2, 0.25) is 0 Å². The van der Waals surface area contributed by atoms with Gasteiger partial charge < -0.3 is 15.3 Å². The van der Waals surface area contributed by atoms with Gasteiger partial charge >= 0.3 is 12.0 Å². The van der Waals surface area contributed by atoms with E-state index in [0.717, 1.165) is 0 Å². The van der Waals surface area contributed by atoms with Gasteiger partial charge in [-0.05, 0) is 44.5 Å². The average Bonchev–Trinajstić information content (AvgIpc) is 2.30. The summed E-state index contributed by atoms with van der Waals surface area (Å²) < 4.78 is 13.1. The first-order chi connectivity index (χ1) is 8.81. The smallest absolute Gasteiger partial charge is 0.323 e. The average molecular weight is 268 g/mol. The maximum absolute atomic E-state index is 13.1. The number of urea groups is 1. The Labute approximate surface area is 111 Å². The molecule has 1 aromatic carbocycles. The van der Waals surface area contributed by atoms with E-state index in [1.807, 2.05) is 0 Å². The third-order valence-corrected chi connectivity index (χ3v) is 2.60. The normalized spacial score (nSPS) is 10.4. The largest absolute Gasteiger partial charge is 0.480 e. The van der Waals surface area contributed by atoms with E-state index < -0.39 is 12.0 Å². The number of aryl methyl sites for hydroxylation is 1. The number of aliphatic carboxylic acids is 1. The first kappa shape index (κ1) is 14.9. The summed E-state index contributed by atoms with van der Waals surface area (Å²) in [6.07, 6.45) is 0. The van der Waals surface area contributed by atoms with Gasteiger partial charge in [0.05, 0.1) is 0 Å². The fraction of sp³-hybridized carbons (Fsp3) is 0.385. The first-order valence-corrected chi connectivity index (χ1v) is 5.87. The van der Waals surface area contributed by atoms with Crippen molar-refractivity contribution in [2.75, 3.05) is 11.9 Å². The summed E-state index contributed by atoms with van der Waals surface area (Å²) in [5, 5.41) is 11.3. The summed E-state index contributed by atoms with van der Waals surface area (Å²) in [6.45, 7) is 4.64. The number of rotatable bonds is 4. The van der Waals surface area contributed by atoms with Crippen molar-refractivity contribution in [1.29, 1.82) is 0 Å². The van der Waals surface area contributed by atoms with Crippen molar-refractivity contribution in [3.8, 4) is 0 Å². The number of hydrogen-bond donors (Lipinski definition) is 2. The second kappa shape index (κ2) is 6.17. The standard InChI is InChI=1S/C13H17FN2O3/c1-8(2)16(7-12(17)18)13(19)15-10-4-5-11(14)9(3)6-10/h4-6,8H,7H2,1-3H3,(H,15,19)(H,17,18). The number of carboxylic acid groups (broad SMARTS) is 1. The van der Waals surface area contributed by atoms with Crippen molar-refractivity contribution in [3.05, 3.63) is 29.6 Å². The van der Waals surface area contributed by atoms with Crippen molar-refractivity contribution >= 4 is 17.7 Å². The minimum absolute atomic E-state index is 0.252. The highest BCUT2D eigenvalue weighted by atomic mass is 19.1. The van der Waals surface area contributed by atoms with Crippen LogP contribution in [0.1, 0.15) is 19.4 Å². The number of nitrogens with one attached hydrogen (secondary N) is 1. The number of carbonyl (C=O) groups is 2. The maximum Gasteiger partial charge on any atom is 0.323 e. The summed E-state index contributed by atoms with van der Waals surface area (Å²) in [7, 11) is 0. The van der Waals surface area contributed by atoms with E-state index in [4.69, 9.17) is 5.11 Å². The number of carboxylic acids is 1. The lowest BCUT2D eigenvalue weighted by Gasteiger charge is -2.25. The number of halogens is 1. The predicted octanol–water partition coefficient (Wildman–Crippen LogP) is 2.46. The molecule has 0 saturated carbocycles. The number of anilines is 1. The van der Waals surface area contributed by atoms with Gasteiger partial charge in [0.1, 0.15) is 12.4 Å². The fourth-order valence-corrected chi connectivity index (χ4v) is 1.55. The first-order valence-electron chi connectivity index (χ1n) is 5.87. The van der Waals surface area contributed by atoms with Gasteiger partial charge in [0.25, 0.3) is 0 Å². The van der Waals surface area contributed by atoms with E-state index in [1.54, 1.807) is 20.8 Å². The maximum atomic E-state index is 13.1. The molecule has 1 rings (SSSR count). The van der Waals surface area contributed by atoms with Gasteiger partial charge in [-0.2, -0.15) is 0 Å². The van der Waals surface area contributed by atoms with E-state index in [1.165, 1.54) is 23.1 Å². The second-order valence-electron chi connectivity index (χ2n) is 4.51. The van der Waals surface area contributed by atoms with Crippen molar-refractivity contribution in [3.63, 3.8) is 0 Å². The minimum atomic E-state index is -1.08. The molecule has 0 radical (unpaired) electrons. The lowest BCUT2D eigenvalue weighted by molar-refractivity contribution is -0.137. The van der Waals surface area contributed by atoms with Gasteiger partial charge in [0, 0.05) is 11.7 Å². The van der Waals surface area contributed by atoms with Crippen LogP contribution in [0.3, 0.4) is 0 Å². The molecular weight excluding hydrogens is 251 g/mol. The second-order valence-corrected chi connectivity index (χ2v) is 4.51. The van der Waals surface area contributed by atoms with Gasteiger partial charge in [0.15, 0.2) is 0 Å². The molecule has 0 bridgehead atoms. The molecule has 0 atom stereocenters. The van der Waals surface area contributed by atoms with E-state index >= 15 is 0 Å². The van der Waals surface area contributed by atoms with E-state index in [-0.39, 0.29) is 18.4 Å². The quantitative estimate of drug-likeness (QED) is 0.881. The molecule has 0 aliphatic rings. The van der Waals surface area contributed by atoms with Crippen LogP contribution >= 0.6 is 0 Å². The monoisotopic (exact) mass is 268 g/mol. The summed E-state index contributed by atoms with van der Waals surface area (Å²) in [6, 6.07) is 3.40. The van der Waals surface area contributed by atoms with Gasteiger partial charge in [-0.25, -0.2) is 9.18 Å². The third kappa shape index (κ3) is 4.24. The highest BCUT2D eigenvalue weighted by molar-refractivity contribution is 5.91. The molecule has 0 saturated heterocycles. The zero-order valence-corrected chi connectivity index (χ0v) is 11.1. The van der Waals surface area contributed by atoms with Crippen LogP contribution in [-0.2, 0) is 4.79 Å². The molecule has 5 nitrogen and oxygen atoms in total. The SMILES string of the molecule is Cc1cc(NC(=O)N(CC(=O)O)C(C)C)ccc1F. The predicted molar refractivity (Wildman–Crippen MR) is 69.6 cm³/mol. The molecule has 0 aliphatic heterocycles. The Kier molecular flexibility index (Phi) is 4.86. The lowest BCUT2D eigenvalue weighted by atomic mass is 10.2. The summed E-state index contributed by atoms with van der Waals surface area (Å²) >= 11 is 0. The third-order valence-electron chi connectivity index (χ3n) is 2.60. The molecule has 2 N–H and O–H groups in total.